The number of hydrogen-bond donors (Lipinski definition) is 1. The highest BCUT2D eigenvalue weighted by Gasteiger charge is 2.45. The summed E-state index contributed by atoms with van der Waals surface area (Å²) in [4.78, 5) is 2.47. The molecule has 1 aromatic carbocycles. The van der Waals surface area contributed by atoms with Gasteiger partial charge in [-0.15, -0.1) is 0 Å². The number of hydrogen-bond acceptors (Lipinski definition) is 2. The van der Waals surface area contributed by atoms with Crippen LogP contribution in [0.15, 0.2) is 30.3 Å². The maximum absolute atomic E-state index is 10.8. The van der Waals surface area contributed by atoms with Gasteiger partial charge in [-0.2, -0.15) is 0 Å². The topological polar surface area (TPSA) is 23.5 Å². The summed E-state index contributed by atoms with van der Waals surface area (Å²) in [5, 5.41) is 10.8. The monoisotopic (exact) mass is 231 g/mol. The Morgan fingerprint density at radius 2 is 1.76 bits per heavy atom. The molecule has 2 bridgehead atoms. The Balaban J connectivity index is 1.75. The molecule has 0 amide bonds. The van der Waals surface area contributed by atoms with E-state index in [1.54, 1.807) is 0 Å². The molecule has 2 heterocycles. The highest BCUT2D eigenvalue weighted by molar-refractivity contribution is 5.18. The van der Waals surface area contributed by atoms with E-state index in [2.05, 4.69) is 36.2 Å². The van der Waals surface area contributed by atoms with Crippen LogP contribution in [-0.4, -0.2) is 34.7 Å². The van der Waals surface area contributed by atoms with E-state index in [0.717, 1.165) is 19.3 Å². The molecule has 2 heteroatoms. The maximum Gasteiger partial charge on any atom is 0.0717 e. The summed E-state index contributed by atoms with van der Waals surface area (Å²) in [6.07, 6.45) is 5.22. The van der Waals surface area contributed by atoms with E-state index in [1.807, 2.05) is 6.07 Å². The fourth-order valence-corrected chi connectivity index (χ4v) is 3.66. The first kappa shape index (κ1) is 11.2. The molecule has 0 radical (unpaired) electrons. The van der Waals surface area contributed by atoms with Gasteiger partial charge in [0.2, 0.25) is 0 Å². The Morgan fingerprint density at radius 3 is 2.35 bits per heavy atom. The van der Waals surface area contributed by atoms with Gasteiger partial charge in [-0.1, -0.05) is 30.3 Å². The molecule has 0 saturated carbocycles. The van der Waals surface area contributed by atoms with Gasteiger partial charge in [-0.3, -0.25) is 0 Å². The third-order valence-corrected chi connectivity index (χ3v) is 4.59. The van der Waals surface area contributed by atoms with Crippen LogP contribution in [0.3, 0.4) is 0 Å². The second kappa shape index (κ2) is 4.11. The van der Waals surface area contributed by atoms with E-state index in [-0.39, 0.29) is 0 Å². The van der Waals surface area contributed by atoms with Crippen molar-refractivity contribution in [1.29, 1.82) is 0 Å². The summed E-state index contributed by atoms with van der Waals surface area (Å²) >= 11 is 0. The predicted molar refractivity (Wildman–Crippen MR) is 68.9 cm³/mol. The van der Waals surface area contributed by atoms with Crippen molar-refractivity contribution in [1.82, 2.24) is 4.90 Å². The molecule has 2 nitrogen and oxygen atoms in total. The van der Waals surface area contributed by atoms with Gasteiger partial charge in [0.1, 0.15) is 0 Å². The van der Waals surface area contributed by atoms with Crippen molar-refractivity contribution in [2.45, 2.75) is 49.8 Å². The molecule has 0 aliphatic carbocycles. The molecule has 92 valence electrons. The molecule has 2 aliphatic heterocycles. The molecular formula is C15H21NO. The molecule has 2 saturated heterocycles. The number of fused-ring (bicyclic) bond motifs is 2. The molecule has 2 fully saturated rings. The average Bonchev–Trinajstić information content (AvgIpc) is 2.54. The lowest BCUT2D eigenvalue weighted by Gasteiger charge is -2.42. The van der Waals surface area contributed by atoms with E-state index in [0.29, 0.717) is 12.1 Å². The van der Waals surface area contributed by atoms with Crippen molar-refractivity contribution in [2.24, 2.45) is 0 Å². The summed E-state index contributed by atoms with van der Waals surface area (Å²) < 4.78 is 0. The molecule has 17 heavy (non-hydrogen) atoms. The Bertz CT molecular complexity index is 375. The second-order valence-corrected chi connectivity index (χ2v) is 5.85. The van der Waals surface area contributed by atoms with Crippen molar-refractivity contribution in [3.63, 3.8) is 0 Å². The van der Waals surface area contributed by atoms with Gasteiger partial charge in [0.25, 0.3) is 0 Å². The average molecular weight is 231 g/mol. The van der Waals surface area contributed by atoms with Crippen LogP contribution in [0.1, 0.15) is 31.2 Å². The Labute approximate surface area is 103 Å². The Hall–Kier alpha value is -0.860. The molecule has 1 aromatic rings. The molecule has 2 aliphatic rings. The summed E-state index contributed by atoms with van der Waals surface area (Å²) in [6.45, 7) is 0. The van der Waals surface area contributed by atoms with Crippen LogP contribution >= 0.6 is 0 Å². The Kier molecular flexibility index (Phi) is 2.72. The standard InChI is InChI=1S/C15H21NO/c1-16-13-7-8-14(16)11-15(17,10-13)9-12-5-3-2-4-6-12/h2-6,13-14,17H,7-11H2,1H3. The fraction of sp³-hybridized carbons (Fsp3) is 0.600. The van der Waals surface area contributed by atoms with Gasteiger partial charge in [0, 0.05) is 18.5 Å². The van der Waals surface area contributed by atoms with Gasteiger partial charge >= 0.3 is 0 Å². The lowest BCUT2D eigenvalue weighted by Crippen LogP contribution is -2.50. The van der Waals surface area contributed by atoms with Crippen LogP contribution in [0.5, 0.6) is 0 Å². The molecule has 2 unspecified atom stereocenters. The van der Waals surface area contributed by atoms with Gasteiger partial charge in [-0.25, -0.2) is 0 Å². The highest BCUT2D eigenvalue weighted by Crippen LogP contribution is 2.41. The zero-order valence-electron chi connectivity index (χ0n) is 10.5. The molecule has 0 aromatic heterocycles. The minimum atomic E-state index is -0.473. The minimum absolute atomic E-state index is 0.473. The molecule has 0 spiro atoms. The SMILES string of the molecule is CN1C2CCC1CC(O)(Cc1ccccc1)C2. The lowest BCUT2D eigenvalue weighted by molar-refractivity contribution is -0.0437. The van der Waals surface area contributed by atoms with Crippen molar-refractivity contribution in [3.05, 3.63) is 35.9 Å². The number of piperidine rings is 1. The first-order valence-electron chi connectivity index (χ1n) is 6.65. The first-order chi connectivity index (χ1) is 8.16. The molecule has 3 rings (SSSR count). The van der Waals surface area contributed by atoms with Crippen LogP contribution in [0, 0.1) is 0 Å². The van der Waals surface area contributed by atoms with Crippen molar-refractivity contribution in [3.8, 4) is 0 Å². The third kappa shape index (κ3) is 2.12. The van der Waals surface area contributed by atoms with E-state index < -0.39 is 5.60 Å². The summed E-state index contributed by atoms with van der Waals surface area (Å²) in [6, 6.07) is 11.6. The zero-order valence-corrected chi connectivity index (χ0v) is 10.5. The quantitative estimate of drug-likeness (QED) is 0.843. The van der Waals surface area contributed by atoms with Crippen molar-refractivity contribution in [2.75, 3.05) is 7.05 Å². The molecular weight excluding hydrogens is 210 g/mol. The molecule has 1 N–H and O–H groups in total. The number of nitrogens with zero attached hydrogens (tertiary/aromatic N) is 1. The van der Waals surface area contributed by atoms with E-state index in [1.165, 1.54) is 18.4 Å². The van der Waals surface area contributed by atoms with Crippen LogP contribution in [0.4, 0.5) is 0 Å². The highest BCUT2D eigenvalue weighted by atomic mass is 16.3. The number of aliphatic hydroxyl groups is 1. The zero-order chi connectivity index (χ0) is 11.9. The smallest absolute Gasteiger partial charge is 0.0717 e. The fourth-order valence-electron chi connectivity index (χ4n) is 3.66. The van der Waals surface area contributed by atoms with Gasteiger partial charge in [-0.05, 0) is 38.3 Å². The largest absolute Gasteiger partial charge is 0.389 e. The van der Waals surface area contributed by atoms with Crippen LogP contribution in [0.2, 0.25) is 0 Å². The maximum atomic E-state index is 10.8. The minimum Gasteiger partial charge on any atom is -0.389 e. The van der Waals surface area contributed by atoms with E-state index in [9.17, 15) is 5.11 Å². The second-order valence-electron chi connectivity index (χ2n) is 5.85. The summed E-state index contributed by atoms with van der Waals surface area (Å²) in [7, 11) is 2.21. The van der Waals surface area contributed by atoms with Crippen LogP contribution < -0.4 is 0 Å². The number of rotatable bonds is 2. The summed E-state index contributed by atoms with van der Waals surface area (Å²) in [5.41, 5.74) is 0.790. The van der Waals surface area contributed by atoms with E-state index in [4.69, 9.17) is 0 Å². The normalized spacial score (nSPS) is 37.3. The summed E-state index contributed by atoms with van der Waals surface area (Å²) in [5.74, 6) is 0. The van der Waals surface area contributed by atoms with Crippen LogP contribution in [0.25, 0.3) is 0 Å². The number of benzene rings is 1. The Morgan fingerprint density at radius 1 is 1.18 bits per heavy atom. The van der Waals surface area contributed by atoms with Gasteiger partial charge in [0.15, 0.2) is 0 Å². The molecule has 2 atom stereocenters. The van der Waals surface area contributed by atoms with Gasteiger partial charge < -0.3 is 10.0 Å². The predicted octanol–water partition coefficient (Wildman–Crippen LogP) is 2.22. The first-order valence-corrected chi connectivity index (χ1v) is 6.65. The lowest BCUT2D eigenvalue weighted by atomic mass is 9.81. The van der Waals surface area contributed by atoms with Crippen molar-refractivity contribution < 1.29 is 5.11 Å². The van der Waals surface area contributed by atoms with Crippen molar-refractivity contribution >= 4 is 0 Å². The third-order valence-electron chi connectivity index (χ3n) is 4.59. The van der Waals surface area contributed by atoms with Crippen LogP contribution in [-0.2, 0) is 6.42 Å². The van der Waals surface area contributed by atoms with E-state index >= 15 is 0 Å². The van der Waals surface area contributed by atoms with Gasteiger partial charge in [0.05, 0.1) is 5.60 Å².